The molecule has 3 rings (SSSR count). The van der Waals surface area contributed by atoms with Crippen molar-refractivity contribution < 1.29 is 18.0 Å². The third kappa shape index (κ3) is 7.73. The Morgan fingerprint density at radius 3 is 2.17 bits per heavy atom. The Morgan fingerprint density at radius 1 is 0.950 bits per heavy atom. The van der Waals surface area contributed by atoms with Gasteiger partial charge in [0.25, 0.3) is 10.0 Å². The zero-order chi connectivity index (χ0) is 29.8. The molecule has 0 fully saturated rings. The molecule has 214 valence electrons. The lowest BCUT2D eigenvalue weighted by Crippen LogP contribution is -2.54. The maximum absolute atomic E-state index is 14.1. The molecule has 0 radical (unpaired) electrons. The molecule has 0 saturated carbocycles. The van der Waals surface area contributed by atoms with E-state index < -0.39 is 34.1 Å². The quantitative estimate of drug-likeness (QED) is 0.320. The topological polar surface area (TPSA) is 86.8 Å². The summed E-state index contributed by atoms with van der Waals surface area (Å²) in [6.45, 7) is 12.5. The van der Waals surface area contributed by atoms with Gasteiger partial charge in [-0.25, -0.2) is 8.42 Å². The van der Waals surface area contributed by atoms with Crippen molar-refractivity contribution in [1.29, 1.82) is 0 Å². The van der Waals surface area contributed by atoms with E-state index in [0.717, 1.165) is 31.0 Å². The summed E-state index contributed by atoms with van der Waals surface area (Å²) in [7, 11) is -4.12. The van der Waals surface area contributed by atoms with Gasteiger partial charge in [-0.05, 0) is 95.5 Å². The van der Waals surface area contributed by atoms with Crippen LogP contribution in [0, 0.1) is 20.8 Å². The van der Waals surface area contributed by atoms with Crippen LogP contribution in [0.4, 0.5) is 5.69 Å². The van der Waals surface area contributed by atoms with E-state index in [1.54, 1.807) is 43.3 Å². The number of benzene rings is 3. The lowest BCUT2D eigenvalue weighted by atomic mass is 10.1. The number of anilines is 1. The van der Waals surface area contributed by atoms with Gasteiger partial charge in [0.1, 0.15) is 12.6 Å². The summed E-state index contributed by atoms with van der Waals surface area (Å²) in [5.41, 5.74) is 3.30. The number of hydrogen-bond acceptors (Lipinski definition) is 4. The van der Waals surface area contributed by atoms with Crippen LogP contribution in [-0.4, -0.2) is 43.3 Å². The van der Waals surface area contributed by atoms with Gasteiger partial charge in [-0.1, -0.05) is 57.9 Å². The number of nitrogens with zero attached hydrogens (tertiary/aromatic N) is 2. The maximum atomic E-state index is 14.1. The molecule has 0 saturated heterocycles. The molecule has 3 aromatic carbocycles. The van der Waals surface area contributed by atoms with E-state index in [1.165, 1.54) is 4.90 Å². The molecule has 1 N–H and O–H groups in total. The molecule has 2 amide bonds. The average molecular weight is 629 g/mol. The molecular formula is C31H38BrN3O4S. The first-order valence-electron chi connectivity index (χ1n) is 13.1. The van der Waals surface area contributed by atoms with Crippen molar-refractivity contribution in [3.05, 3.63) is 93.5 Å². The number of halogens is 1. The molecule has 7 nitrogen and oxygen atoms in total. The predicted molar refractivity (Wildman–Crippen MR) is 164 cm³/mol. The number of carbonyl (C=O) groups is 2. The number of nitrogens with one attached hydrogen (secondary N) is 1. The van der Waals surface area contributed by atoms with E-state index in [-0.39, 0.29) is 17.3 Å². The van der Waals surface area contributed by atoms with Crippen LogP contribution in [0.25, 0.3) is 0 Å². The van der Waals surface area contributed by atoms with E-state index in [0.29, 0.717) is 5.69 Å². The van der Waals surface area contributed by atoms with Crippen molar-refractivity contribution in [2.45, 2.75) is 71.5 Å². The van der Waals surface area contributed by atoms with Crippen LogP contribution in [-0.2, 0) is 26.2 Å². The van der Waals surface area contributed by atoms with Crippen LogP contribution in [0.2, 0.25) is 0 Å². The van der Waals surface area contributed by atoms with Crippen molar-refractivity contribution in [3.63, 3.8) is 0 Å². The molecule has 3 aromatic rings. The van der Waals surface area contributed by atoms with Gasteiger partial charge in [0, 0.05) is 16.6 Å². The zero-order valence-electron chi connectivity index (χ0n) is 24.2. The molecule has 0 unspecified atom stereocenters. The summed E-state index contributed by atoms with van der Waals surface area (Å²) in [6.07, 6.45) is 0. The molecular weight excluding hydrogens is 590 g/mol. The predicted octanol–water partition coefficient (Wildman–Crippen LogP) is 5.90. The Morgan fingerprint density at radius 2 is 1.57 bits per heavy atom. The number of carbonyl (C=O) groups excluding carboxylic acids is 2. The smallest absolute Gasteiger partial charge is 0.264 e. The average Bonchev–Trinajstić information content (AvgIpc) is 2.86. The Labute approximate surface area is 246 Å². The molecule has 0 bridgehead atoms. The first kappa shape index (κ1) is 31.4. The van der Waals surface area contributed by atoms with Crippen LogP contribution in [0.15, 0.2) is 76.1 Å². The van der Waals surface area contributed by atoms with E-state index in [4.69, 9.17) is 0 Å². The van der Waals surface area contributed by atoms with Crippen molar-refractivity contribution in [3.8, 4) is 0 Å². The molecule has 0 aliphatic rings. The standard InChI is InChI=1S/C31H38BrN3O4S/c1-21-14-16-27(17-15-21)40(38,39)35(28-13-8-10-22(2)23(28)3)20-29(36)34(19-25-11-9-12-26(32)18-25)24(4)30(37)33-31(5,6)7/h8-18,24H,19-20H2,1-7H3,(H,33,37)/t24-/m1/s1. The summed E-state index contributed by atoms with van der Waals surface area (Å²) in [4.78, 5) is 28.8. The second-order valence-corrected chi connectivity index (χ2v) is 13.9. The van der Waals surface area contributed by atoms with Crippen molar-refractivity contribution in [2.24, 2.45) is 0 Å². The summed E-state index contributed by atoms with van der Waals surface area (Å²) in [5, 5.41) is 2.94. The fourth-order valence-corrected chi connectivity index (χ4v) is 6.16. The minimum absolute atomic E-state index is 0.0869. The largest absolute Gasteiger partial charge is 0.350 e. The highest BCUT2D eigenvalue weighted by Crippen LogP contribution is 2.29. The molecule has 0 aliphatic heterocycles. The highest BCUT2D eigenvalue weighted by Gasteiger charge is 2.34. The van der Waals surface area contributed by atoms with E-state index >= 15 is 0 Å². The van der Waals surface area contributed by atoms with E-state index in [9.17, 15) is 18.0 Å². The Balaban J connectivity index is 2.08. The number of hydrogen-bond donors (Lipinski definition) is 1. The molecule has 40 heavy (non-hydrogen) atoms. The van der Waals surface area contributed by atoms with E-state index in [2.05, 4.69) is 21.2 Å². The third-order valence-corrected chi connectivity index (χ3v) is 8.91. The fraction of sp³-hybridized carbons (Fsp3) is 0.355. The SMILES string of the molecule is Cc1ccc(S(=O)(=O)N(CC(=O)N(Cc2cccc(Br)c2)[C@H](C)C(=O)NC(C)(C)C)c2cccc(C)c2C)cc1. The fourth-order valence-electron chi connectivity index (χ4n) is 4.25. The number of amides is 2. The van der Waals surface area contributed by atoms with Crippen molar-refractivity contribution in [1.82, 2.24) is 10.2 Å². The monoisotopic (exact) mass is 627 g/mol. The molecule has 0 aliphatic carbocycles. The van der Waals surface area contributed by atoms with Crippen LogP contribution >= 0.6 is 15.9 Å². The second kappa shape index (κ2) is 12.6. The van der Waals surface area contributed by atoms with E-state index in [1.807, 2.05) is 71.9 Å². The molecule has 1 atom stereocenters. The normalized spacial score (nSPS) is 12.5. The van der Waals surface area contributed by atoms with Gasteiger partial charge in [0.2, 0.25) is 11.8 Å². The molecule has 0 spiro atoms. The second-order valence-electron chi connectivity index (χ2n) is 11.1. The zero-order valence-corrected chi connectivity index (χ0v) is 26.6. The number of aryl methyl sites for hydroxylation is 2. The first-order valence-corrected chi connectivity index (χ1v) is 15.3. The summed E-state index contributed by atoms with van der Waals surface area (Å²) in [5.74, 6) is -0.816. The molecule has 9 heteroatoms. The van der Waals surface area contributed by atoms with Crippen LogP contribution in [0.1, 0.15) is 49.9 Å². The van der Waals surface area contributed by atoms with Gasteiger partial charge in [-0.2, -0.15) is 0 Å². The Hall–Kier alpha value is -3.17. The van der Waals surface area contributed by atoms with Gasteiger partial charge < -0.3 is 10.2 Å². The van der Waals surface area contributed by atoms with Gasteiger partial charge in [0.05, 0.1) is 10.6 Å². The Kier molecular flexibility index (Phi) is 9.85. The van der Waals surface area contributed by atoms with Crippen LogP contribution < -0.4 is 9.62 Å². The highest BCUT2D eigenvalue weighted by molar-refractivity contribution is 9.10. The maximum Gasteiger partial charge on any atom is 0.264 e. The molecule has 0 aromatic heterocycles. The van der Waals surface area contributed by atoms with Gasteiger partial charge in [-0.3, -0.25) is 13.9 Å². The number of sulfonamides is 1. The lowest BCUT2D eigenvalue weighted by molar-refractivity contribution is -0.140. The lowest BCUT2D eigenvalue weighted by Gasteiger charge is -2.34. The third-order valence-electron chi connectivity index (χ3n) is 6.64. The highest BCUT2D eigenvalue weighted by atomic mass is 79.9. The first-order chi connectivity index (χ1) is 18.6. The summed E-state index contributed by atoms with van der Waals surface area (Å²) < 4.78 is 30.1. The molecule has 0 heterocycles. The van der Waals surface area contributed by atoms with Gasteiger partial charge in [0.15, 0.2) is 0 Å². The van der Waals surface area contributed by atoms with Gasteiger partial charge in [-0.15, -0.1) is 0 Å². The minimum atomic E-state index is -4.12. The van der Waals surface area contributed by atoms with Crippen molar-refractivity contribution in [2.75, 3.05) is 10.8 Å². The summed E-state index contributed by atoms with van der Waals surface area (Å²) >= 11 is 3.47. The van der Waals surface area contributed by atoms with Crippen LogP contribution in [0.5, 0.6) is 0 Å². The summed E-state index contributed by atoms with van der Waals surface area (Å²) in [6, 6.07) is 18.6. The number of rotatable bonds is 9. The van der Waals surface area contributed by atoms with Crippen molar-refractivity contribution >= 4 is 43.5 Å². The minimum Gasteiger partial charge on any atom is -0.350 e. The Bertz CT molecular complexity index is 1480. The van der Waals surface area contributed by atoms with Gasteiger partial charge >= 0.3 is 0 Å². The van der Waals surface area contributed by atoms with Crippen LogP contribution in [0.3, 0.4) is 0 Å².